The molecule has 2 heterocycles. The summed E-state index contributed by atoms with van der Waals surface area (Å²) >= 11 is 0. The van der Waals surface area contributed by atoms with Gasteiger partial charge >= 0.3 is 0 Å². The third-order valence-electron chi connectivity index (χ3n) is 2.49. The van der Waals surface area contributed by atoms with Crippen molar-refractivity contribution < 1.29 is 9.15 Å². The molecule has 3 N–H and O–H groups in total. The van der Waals surface area contributed by atoms with Crippen LogP contribution in [0.25, 0.3) is 0 Å². The van der Waals surface area contributed by atoms with E-state index in [2.05, 4.69) is 15.3 Å². The van der Waals surface area contributed by atoms with Crippen LogP contribution in [0.15, 0.2) is 28.9 Å². The van der Waals surface area contributed by atoms with Gasteiger partial charge in [0.2, 0.25) is 0 Å². The predicted octanol–water partition coefficient (Wildman–Crippen LogP) is 1.84. The SMILES string of the molecule is CCOCc1nc(N)cc(NCCc2ccco2)n1. The van der Waals surface area contributed by atoms with Gasteiger partial charge in [0.15, 0.2) is 5.82 Å². The van der Waals surface area contributed by atoms with Crippen molar-refractivity contribution in [1.82, 2.24) is 9.97 Å². The molecule has 0 aliphatic carbocycles. The second kappa shape index (κ2) is 6.75. The van der Waals surface area contributed by atoms with Crippen LogP contribution >= 0.6 is 0 Å². The topological polar surface area (TPSA) is 86.2 Å². The van der Waals surface area contributed by atoms with E-state index in [1.807, 2.05) is 19.1 Å². The van der Waals surface area contributed by atoms with Crippen molar-refractivity contribution >= 4 is 11.6 Å². The lowest BCUT2D eigenvalue weighted by molar-refractivity contribution is 0.128. The maximum absolute atomic E-state index is 5.73. The van der Waals surface area contributed by atoms with Gasteiger partial charge in [0.05, 0.1) is 6.26 Å². The normalized spacial score (nSPS) is 10.6. The van der Waals surface area contributed by atoms with Crippen molar-refractivity contribution in [1.29, 1.82) is 0 Å². The average molecular weight is 262 g/mol. The van der Waals surface area contributed by atoms with Gasteiger partial charge in [0, 0.05) is 25.6 Å². The van der Waals surface area contributed by atoms with Crippen LogP contribution in [0.4, 0.5) is 11.6 Å². The van der Waals surface area contributed by atoms with E-state index in [0.717, 1.165) is 18.7 Å². The monoisotopic (exact) mass is 262 g/mol. The van der Waals surface area contributed by atoms with Gasteiger partial charge in [-0.2, -0.15) is 0 Å². The average Bonchev–Trinajstić information content (AvgIpc) is 2.89. The fraction of sp³-hybridized carbons (Fsp3) is 0.385. The summed E-state index contributed by atoms with van der Waals surface area (Å²) in [4.78, 5) is 8.44. The molecule has 0 amide bonds. The van der Waals surface area contributed by atoms with E-state index in [-0.39, 0.29) is 0 Å². The molecule has 2 aromatic heterocycles. The Labute approximate surface area is 112 Å². The summed E-state index contributed by atoms with van der Waals surface area (Å²) < 4.78 is 10.5. The maximum Gasteiger partial charge on any atom is 0.158 e. The first-order valence-corrected chi connectivity index (χ1v) is 6.25. The smallest absolute Gasteiger partial charge is 0.158 e. The highest BCUT2D eigenvalue weighted by Gasteiger charge is 2.03. The molecule has 0 saturated carbocycles. The lowest BCUT2D eigenvalue weighted by Crippen LogP contribution is -2.10. The molecule has 6 nitrogen and oxygen atoms in total. The Morgan fingerprint density at radius 3 is 3.05 bits per heavy atom. The maximum atomic E-state index is 5.73. The summed E-state index contributed by atoms with van der Waals surface area (Å²) in [5, 5.41) is 3.19. The summed E-state index contributed by atoms with van der Waals surface area (Å²) in [6.45, 7) is 3.64. The Kier molecular flexibility index (Phi) is 4.74. The Balaban J connectivity index is 1.90. The number of nitrogens with one attached hydrogen (secondary N) is 1. The van der Waals surface area contributed by atoms with Crippen LogP contribution < -0.4 is 11.1 Å². The molecule has 0 saturated heterocycles. The van der Waals surface area contributed by atoms with E-state index in [0.29, 0.717) is 30.7 Å². The van der Waals surface area contributed by atoms with Crippen molar-refractivity contribution in [3.8, 4) is 0 Å². The van der Waals surface area contributed by atoms with Crippen LogP contribution in [0.2, 0.25) is 0 Å². The Morgan fingerprint density at radius 2 is 2.32 bits per heavy atom. The van der Waals surface area contributed by atoms with E-state index in [4.69, 9.17) is 14.9 Å². The lowest BCUT2D eigenvalue weighted by atomic mass is 10.3. The molecule has 0 fully saturated rings. The van der Waals surface area contributed by atoms with Crippen LogP contribution in [0.5, 0.6) is 0 Å². The van der Waals surface area contributed by atoms with Gasteiger partial charge in [-0.15, -0.1) is 0 Å². The molecule has 0 spiro atoms. The van der Waals surface area contributed by atoms with Crippen LogP contribution in [0.1, 0.15) is 18.5 Å². The van der Waals surface area contributed by atoms with E-state index < -0.39 is 0 Å². The molecule has 0 bridgehead atoms. The van der Waals surface area contributed by atoms with E-state index in [1.54, 1.807) is 12.3 Å². The number of anilines is 2. The standard InChI is InChI=1S/C13H18N4O2/c1-2-18-9-13-16-11(14)8-12(17-13)15-6-5-10-4-3-7-19-10/h3-4,7-8H,2,5-6,9H2,1H3,(H3,14,15,16,17). The van der Waals surface area contributed by atoms with Crippen LogP contribution in [-0.2, 0) is 17.8 Å². The largest absolute Gasteiger partial charge is 0.469 e. The molecule has 2 aromatic rings. The van der Waals surface area contributed by atoms with Crippen molar-refractivity contribution in [2.75, 3.05) is 24.2 Å². The van der Waals surface area contributed by atoms with Crippen LogP contribution in [0, 0.1) is 0 Å². The van der Waals surface area contributed by atoms with Gasteiger partial charge in [-0.25, -0.2) is 9.97 Å². The number of aromatic nitrogens is 2. The minimum Gasteiger partial charge on any atom is -0.469 e. The minimum absolute atomic E-state index is 0.369. The van der Waals surface area contributed by atoms with Crippen molar-refractivity contribution in [3.63, 3.8) is 0 Å². The Hall–Kier alpha value is -2.08. The Morgan fingerprint density at radius 1 is 1.42 bits per heavy atom. The highest BCUT2D eigenvalue weighted by atomic mass is 16.5. The molecule has 6 heteroatoms. The van der Waals surface area contributed by atoms with Gasteiger partial charge in [0.1, 0.15) is 24.0 Å². The molecule has 0 radical (unpaired) electrons. The third kappa shape index (κ3) is 4.26. The first kappa shape index (κ1) is 13.4. The van der Waals surface area contributed by atoms with Crippen molar-refractivity contribution in [2.24, 2.45) is 0 Å². The molecule has 0 aliphatic rings. The van der Waals surface area contributed by atoms with E-state index in [1.165, 1.54) is 0 Å². The number of hydrogen-bond donors (Lipinski definition) is 2. The molecule has 2 rings (SSSR count). The molecule has 0 unspecified atom stereocenters. The zero-order valence-electron chi connectivity index (χ0n) is 10.9. The number of hydrogen-bond acceptors (Lipinski definition) is 6. The van der Waals surface area contributed by atoms with Crippen molar-refractivity contribution in [2.45, 2.75) is 20.0 Å². The van der Waals surface area contributed by atoms with Crippen molar-refractivity contribution in [3.05, 3.63) is 36.0 Å². The van der Waals surface area contributed by atoms with Gasteiger partial charge in [-0.05, 0) is 19.1 Å². The number of nitrogen functional groups attached to an aromatic ring is 1. The first-order valence-electron chi connectivity index (χ1n) is 6.25. The van der Waals surface area contributed by atoms with Gasteiger partial charge in [-0.1, -0.05) is 0 Å². The zero-order valence-corrected chi connectivity index (χ0v) is 10.9. The number of furan rings is 1. The molecular weight excluding hydrogens is 244 g/mol. The fourth-order valence-corrected chi connectivity index (χ4v) is 1.63. The number of ether oxygens (including phenoxy) is 1. The summed E-state index contributed by atoms with van der Waals surface area (Å²) in [6, 6.07) is 5.52. The number of nitrogens with zero attached hydrogens (tertiary/aromatic N) is 2. The molecule has 0 aromatic carbocycles. The second-order valence-corrected chi connectivity index (χ2v) is 3.99. The first-order chi connectivity index (χ1) is 9.28. The number of rotatable bonds is 7. The van der Waals surface area contributed by atoms with Gasteiger partial charge in [-0.3, -0.25) is 0 Å². The summed E-state index contributed by atoms with van der Waals surface area (Å²) in [6.07, 6.45) is 2.45. The second-order valence-electron chi connectivity index (χ2n) is 3.99. The molecule has 19 heavy (non-hydrogen) atoms. The molecule has 102 valence electrons. The Bertz CT molecular complexity index is 499. The third-order valence-corrected chi connectivity index (χ3v) is 2.49. The van der Waals surface area contributed by atoms with Gasteiger partial charge in [0.25, 0.3) is 0 Å². The lowest BCUT2D eigenvalue weighted by Gasteiger charge is -2.07. The zero-order chi connectivity index (χ0) is 13.5. The predicted molar refractivity (Wildman–Crippen MR) is 72.7 cm³/mol. The summed E-state index contributed by atoms with van der Waals surface area (Å²) in [5.41, 5.74) is 5.73. The highest BCUT2D eigenvalue weighted by molar-refractivity contribution is 5.44. The van der Waals surface area contributed by atoms with Gasteiger partial charge < -0.3 is 20.2 Å². The quantitative estimate of drug-likeness (QED) is 0.791. The van der Waals surface area contributed by atoms with Crippen LogP contribution in [-0.4, -0.2) is 23.1 Å². The molecule has 0 aliphatic heterocycles. The summed E-state index contributed by atoms with van der Waals surface area (Å²) in [7, 11) is 0. The molecular formula is C13H18N4O2. The fourth-order valence-electron chi connectivity index (χ4n) is 1.63. The highest BCUT2D eigenvalue weighted by Crippen LogP contribution is 2.09. The van der Waals surface area contributed by atoms with E-state index >= 15 is 0 Å². The number of nitrogens with two attached hydrogens (primary N) is 1. The minimum atomic E-state index is 0.369. The van der Waals surface area contributed by atoms with Crippen LogP contribution in [0.3, 0.4) is 0 Å². The van der Waals surface area contributed by atoms with E-state index in [9.17, 15) is 0 Å². The molecule has 0 atom stereocenters. The summed E-state index contributed by atoms with van der Waals surface area (Å²) in [5.74, 6) is 2.66.